The molecule has 1 aliphatic rings. The van der Waals surface area contributed by atoms with Gasteiger partial charge in [0.15, 0.2) is 0 Å². The Kier molecular flexibility index (Phi) is 3.88. The highest BCUT2D eigenvalue weighted by Gasteiger charge is 2.18. The summed E-state index contributed by atoms with van der Waals surface area (Å²) in [6.45, 7) is 2.67. The summed E-state index contributed by atoms with van der Waals surface area (Å²) in [6.07, 6.45) is 1.04. The maximum absolute atomic E-state index is 6.24. The lowest BCUT2D eigenvalue weighted by molar-refractivity contribution is 0.246. The maximum Gasteiger partial charge on any atom is 0.0465 e. The Morgan fingerprint density at radius 3 is 2.55 bits per heavy atom. The number of hydrogen-bond donors (Lipinski definition) is 1. The van der Waals surface area contributed by atoms with Crippen LogP contribution in [0.15, 0.2) is 36.4 Å². The lowest BCUT2D eigenvalue weighted by Crippen LogP contribution is -2.30. The summed E-state index contributed by atoms with van der Waals surface area (Å²) in [5, 5.41) is 1.46. The molecule has 2 nitrogen and oxygen atoms in total. The van der Waals surface area contributed by atoms with Crippen LogP contribution in [-0.4, -0.2) is 11.4 Å². The van der Waals surface area contributed by atoms with Crippen LogP contribution in [0.3, 0.4) is 0 Å². The third-order valence-corrected chi connectivity index (χ3v) is 4.47. The van der Waals surface area contributed by atoms with Gasteiger partial charge in [-0.15, -0.1) is 0 Å². The van der Waals surface area contributed by atoms with Crippen molar-refractivity contribution in [1.29, 1.82) is 0 Å². The smallest absolute Gasteiger partial charge is 0.0465 e. The van der Waals surface area contributed by atoms with Gasteiger partial charge in [-0.3, -0.25) is 4.90 Å². The SMILES string of the molecule is Nc1ccc2c(c1)CN(Cc1c(Cl)cccc1Cl)CC2. The number of halogens is 2. The van der Waals surface area contributed by atoms with Crippen LogP contribution in [0.1, 0.15) is 16.7 Å². The third-order valence-electron chi connectivity index (χ3n) is 3.77. The van der Waals surface area contributed by atoms with Gasteiger partial charge < -0.3 is 5.73 Å². The van der Waals surface area contributed by atoms with Gasteiger partial charge in [0.05, 0.1) is 0 Å². The normalized spacial score (nSPS) is 15.1. The standard InChI is InChI=1S/C16H16Cl2N2/c17-15-2-1-3-16(18)14(15)10-20-7-6-11-4-5-13(19)8-12(11)9-20/h1-5,8H,6-7,9-10,19H2. The van der Waals surface area contributed by atoms with Crippen LogP contribution in [-0.2, 0) is 19.5 Å². The number of nitrogen functional groups attached to an aromatic ring is 1. The van der Waals surface area contributed by atoms with Gasteiger partial charge >= 0.3 is 0 Å². The van der Waals surface area contributed by atoms with Crippen molar-refractivity contribution >= 4 is 28.9 Å². The summed E-state index contributed by atoms with van der Waals surface area (Å²) in [7, 11) is 0. The van der Waals surface area contributed by atoms with E-state index in [1.54, 1.807) is 0 Å². The van der Waals surface area contributed by atoms with Gasteiger partial charge in [-0.1, -0.05) is 35.3 Å². The third kappa shape index (κ3) is 2.78. The molecule has 0 amide bonds. The molecular weight excluding hydrogens is 291 g/mol. The number of hydrogen-bond acceptors (Lipinski definition) is 2. The molecule has 0 radical (unpaired) electrons. The summed E-state index contributed by atoms with van der Waals surface area (Å²) in [5.41, 5.74) is 10.4. The highest BCUT2D eigenvalue weighted by Crippen LogP contribution is 2.28. The quantitative estimate of drug-likeness (QED) is 0.845. The predicted octanol–water partition coefficient (Wildman–Crippen LogP) is 4.13. The van der Waals surface area contributed by atoms with E-state index >= 15 is 0 Å². The number of fused-ring (bicyclic) bond motifs is 1. The fraction of sp³-hybridized carbons (Fsp3) is 0.250. The second-order valence-electron chi connectivity index (χ2n) is 5.19. The van der Waals surface area contributed by atoms with Gasteiger partial charge in [0.2, 0.25) is 0 Å². The van der Waals surface area contributed by atoms with Crippen LogP contribution in [0.5, 0.6) is 0 Å². The molecule has 1 aliphatic heterocycles. The number of rotatable bonds is 2. The Hall–Kier alpha value is -1.22. The largest absolute Gasteiger partial charge is 0.399 e. The van der Waals surface area contributed by atoms with E-state index in [9.17, 15) is 0 Å². The van der Waals surface area contributed by atoms with E-state index in [1.165, 1.54) is 11.1 Å². The summed E-state index contributed by atoms with van der Waals surface area (Å²) >= 11 is 12.5. The number of benzene rings is 2. The number of nitrogens with zero attached hydrogens (tertiary/aromatic N) is 1. The van der Waals surface area contributed by atoms with Gasteiger partial charge in [0, 0.05) is 40.9 Å². The van der Waals surface area contributed by atoms with Crippen molar-refractivity contribution in [3.63, 3.8) is 0 Å². The molecule has 2 aromatic carbocycles. The lowest BCUT2D eigenvalue weighted by atomic mass is 9.98. The topological polar surface area (TPSA) is 29.3 Å². The molecule has 2 N–H and O–H groups in total. The van der Waals surface area contributed by atoms with Crippen LogP contribution in [0.2, 0.25) is 10.0 Å². The Labute approximate surface area is 129 Å². The Bertz CT molecular complexity index is 620. The van der Waals surface area contributed by atoms with Crippen molar-refractivity contribution in [3.05, 3.63) is 63.1 Å². The van der Waals surface area contributed by atoms with E-state index in [1.807, 2.05) is 24.3 Å². The van der Waals surface area contributed by atoms with Crippen LogP contribution < -0.4 is 5.73 Å². The molecule has 2 aromatic rings. The monoisotopic (exact) mass is 306 g/mol. The van der Waals surface area contributed by atoms with Gasteiger partial charge in [-0.2, -0.15) is 0 Å². The summed E-state index contributed by atoms with van der Waals surface area (Å²) in [5.74, 6) is 0. The highest BCUT2D eigenvalue weighted by atomic mass is 35.5. The van der Waals surface area contributed by atoms with E-state index in [4.69, 9.17) is 28.9 Å². The molecule has 0 bridgehead atoms. The van der Waals surface area contributed by atoms with Crippen molar-refractivity contribution in [2.24, 2.45) is 0 Å². The molecule has 0 fully saturated rings. The second-order valence-corrected chi connectivity index (χ2v) is 6.00. The molecule has 1 heterocycles. The van der Waals surface area contributed by atoms with Crippen molar-refractivity contribution in [3.8, 4) is 0 Å². The zero-order chi connectivity index (χ0) is 14.1. The lowest BCUT2D eigenvalue weighted by Gasteiger charge is -2.29. The van der Waals surface area contributed by atoms with Gasteiger partial charge in [-0.25, -0.2) is 0 Å². The second kappa shape index (κ2) is 5.65. The van der Waals surface area contributed by atoms with Crippen LogP contribution >= 0.6 is 23.2 Å². The molecule has 4 heteroatoms. The van der Waals surface area contributed by atoms with Crippen molar-refractivity contribution in [1.82, 2.24) is 4.90 Å². The molecule has 3 rings (SSSR count). The zero-order valence-electron chi connectivity index (χ0n) is 11.1. The molecule has 0 unspecified atom stereocenters. The molecule has 0 saturated heterocycles. The van der Waals surface area contributed by atoms with E-state index in [2.05, 4.69) is 17.0 Å². The van der Waals surface area contributed by atoms with E-state index < -0.39 is 0 Å². The first kappa shape index (κ1) is 13.7. The van der Waals surface area contributed by atoms with Crippen LogP contribution in [0.25, 0.3) is 0 Å². The van der Waals surface area contributed by atoms with Crippen LogP contribution in [0, 0.1) is 0 Å². The van der Waals surface area contributed by atoms with Crippen molar-refractivity contribution < 1.29 is 0 Å². The fourth-order valence-corrected chi connectivity index (χ4v) is 3.19. The van der Waals surface area contributed by atoms with Gasteiger partial charge in [-0.05, 0) is 41.8 Å². The van der Waals surface area contributed by atoms with Crippen molar-refractivity contribution in [2.75, 3.05) is 12.3 Å². The molecule has 0 spiro atoms. The molecule has 0 atom stereocenters. The average Bonchev–Trinajstić information content (AvgIpc) is 2.42. The molecule has 20 heavy (non-hydrogen) atoms. The van der Waals surface area contributed by atoms with Gasteiger partial charge in [0.25, 0.3) is 0 Å². The minimum atomic E-state index is 0.732. The van der Waals surface area contributed by atoms with Crippen molar-refractivity contribution in [2.45, 2.75) is 19.5 Å². The van der Waals surface area contributed by atoms with E-state index in [-0.39, 0.29) is 0 Å². The molecular formula is C16H16Cl2N2. The number of nitrogens with two attached hydrogens (primary N) is 1. The zero-order valence-corrected chi connectivity index (χ0v) is 12.6. The first-order valence-electron chi connectivity index (χ1n) is 6.66. The first-order valence-corrected chi connectivity index (χ1v) is 7.41. The number of anilines is 1. The Morgan fingerprint density at radius 2 is 1.80 bits per heavy atom. The maximum atomic E-state index is 6.24. The van der Waals surface area contributed by atoms with E-state index in [0.29, 0.717) is 0 Å². The molecule has 0 aromatic heterocycles. The summed E-state index contributed by atoms with van der Waals surface area (Å²) < 4.78 is 0. The fourth-order valence-electron chi connectivity index (χ4n) is 2.68. The highest BCUT2D eigenvalue weighted by molar-refractivity contribution is 6.35. The van der Waals surface area contributed by atoms with Crippen LogP contribution in [0.4, 0.5) is 5.69 Å². The minimum Gasteiger partial charge on any atom is -0.399 e. The molecule has 0 saturated carbocycles. The van der Waals surface area contributed by atoms with E-state index in [0.717, 1.165) is 47.4 Å². The van der Waals surface area contributed by atoms with Gasteiger partial charge in [0.1, 0.15) is 0 Å². The average molecular weight is 307 g/mol. The minimum absolute atomic E-state index is 0.732. The molecule has 104 valence electrons. The molecule has 0 aliphatic carbocycles. The Balaban J connectivity index is 1.81. The summed E-state index contributed by atoms with van der Waals surface area (Å²) in [4.78, 5) is 2.36. The predicted molar refractivity (Wildman–Crippen MR) is 85.1 cm³/mol. The first-order chi connectivity index (χ1) is 9.63. The Morgan fingerprint density at radius 1 is 1.05 bits per heavy atom. The summed E-state index contributed by atoms with van der Waals surface area (Å²) in [6, 6.07) is 11.8.